The molecule has 0 radical (unpaired) electrons. The summed E-state index contributed by atoms with van der Waals surface area (Å²) in [7, 11) is -2.34. The number of fused-ring (bicyclic) bond motifs is 1. The number of para-hydroxylation sites is 1. The predicted octanol–water partition coefficient (Wildman–Crippen LogP) is 2.13. The Labute approximate surface area is 218 Å². The first-order valence-electron chi connectivity index (χ1n) is 11.7. The number of ether oxygens (including phenoxy) is 1. The van der Waals surface area contributed by atoms with Crippen LogP contribution in [0.2, 0.25) is 0 Å². The van der Waals surface area contributed by atoms with Crippen molar-refractivity contribution in [2.45, 2.75) is 30.5 Å². The van der Waals surface area contributed by atoms with Crippen molar-refractivity contribution in [3.8, 4) is 5.75 Å². The smallest absolute Gasteiger partial charge is 0.490 e. The summed E-state index contributed by atoms with van der Waals surface area (Å²) < 4.78 is 65.9. The molecule has 2 aromatic rings. The summed E-state index contributed by atoms with van der Waals surface area (Å²) in [4.78, 5) is 27.7. The fourth-order valence-corrected chi connectivity index (χ4v) is 5.92. The number of hydrogen-bond donors (Lipinski definition) is 2. The van der Waals surface area contributed by atoms with Gasteiger partial charge in [0.25, 0.3) is 0 Å². The summed E-state index contributed by atoms with van der Waals surface area (Å²) in [6, 6.07) is 10.7. The van der Waals surface area contributed by atoms with E-state index in [-0.39, 0.29) is 29.3 Å². The lowest BCUT2D eigenvalue weighted by Crippen LogP contribution is -2.53. The highest BCUT2D eigenvalue weighted by molar-refractivity contribution is 7.89. The van der Waals surface area contributed by atoms with Gasteiger partial charge in [-0.25, -0.2) is 13.2 Å². The predicted molar refractivity (Wildman–Crippen MR) is 130 cm³/mol. The fourth-order valence-electron chi connectivity index (χ4n) is 4.28. The number of carbonyl (C=O) groups excluding carboxylic acids is 1. The van der Waals surface area contributed by atoms with Crippen LogP contribution in [-0.2, 0) is 26.2 Å². The maximum absolute atomic E-state index is 13.4. The van der Waals surface area contributed by atoms with Crippen molar-refractivity contribution in [2.24, 2.45) is 5.41 Å². The van der Waals surface area contributed by atoms with E-state index in [4.69, 9.17) is 14.6 Å². The average molecular weight is 559 g/mol. The Morgan fingerprint density at radius 2 is 1.82 bits per heavy atom. The Bertz CT molecular complexity index is 1220. The maximum Gasteiger partial charge on any atom is 0.490 e. The Balaban J connectivity index is 0.000000505. The third-order valence-corrected chi connectivity index (χ3v) is 8.23. The number of likely N-dealkylation sites (N-methyl/N-ethyl adjacent to an activating group) is 1. The number of likely N-dealkylation sites (tertiary alicyclic amines) is 1. The van der Waals surface area contributed by atoms with Gasteiger partial charge < -0.3 is 15.2 Å². The molecule has 0 saturated carbocycles. The first-order valence-corrected chi connectivity index (χ1v) is 13.1. The second-order valence-electron chi connectivity index (χ2n) is 9.12. The first kappa shape index (κ1) is 29.3. The average Bonchev–Trinajstić information content (AvgIpc) is 2.88. The highest BCUT2D eigenvalue weighted by Crippen LogP contribution is 2.39. The van der Waals surface area contributed by atoms with Gasteiger partial charge in [0.15, 0.2) is 0 Å². The molecule has 2 N–H and O–H groups in total. The van der Waals surface area contributed by atoms with Crippen LogP contribution in [0.1, 0.15) is 18.4 Å². The number of aromatic nitrogens is 1. The number of carboxylic acid groups (broad SMARTS) is 1. The molecule has 1 spiro atoms. The fraction of sp³-hybridized carbons (Fsp3) is 0.458. The van der Waals surface area contributed by atoms with Crippen LogP contribution in [0.3, 0.4) is 0 Å². The zero-order chi connectivity index (χ0) is 28.0. The topological polar surface area (TPSA) is 129 Å². The van der Waals surface area contributed by atoms with Crippen molar-refractivity contribution in [2.75, 3.05) is 39.8 Å². The molecular weight excluding hydrogens is 529 g/mol. The van der Waals surface area contributed by atoms with Gasteiger partial charge >= 0.3 is 12.1 Å². The number of sulfonamides is 1. The number of alkyl halides is 3. The molecule has 10 nitrogen and oxygen atoms in total. The van der Waals surface area contributed by atoms with Crippen molar-refractivity contribution >= 4 is 21.9 Å². The number of rotatable bonds is 4. The zero-order valence-electron chi connectivity index (χ0n) is 20.6. The van der Waals surface area contributed by atoms with Crippen LogP contribution in [0.5, 0.6) is 5.75 Å². The van der Waals surface area contributed by atoms with Crippen molar-refractivity contribution in [3.63, 3.8) is 0 Å². The van der Waals surface area contributed by atoms with E-state index in [0.29, 0.717) is 12.4 Å². The number of hydrogen-bond acceptors (Lipinski definition) is 7. The third-order valence-electron chi connectivity index (χ3n) is 6.40. The van der Waals surface area contributed by atoms with Crippen LogP contribution < -0.4 is 10.1 Å². The molecule has 2 aliphatic rings. The van der Waals surface area contributed by atoms with E-state index < -0.39 is 22.2 Å². The summed E-state index contributed by atoms with van der Waals surface area (Å²) in [5.41, 5.74) is 0.810. The lowest BCUT2D eigenvalue weighted by atomic mass is 9.78. The molecule has 1 saturated heterocycles. The Hall–Kier alpha value is -3.23. The van der Waals surface area contributed by atoms with Gasteiger partial charge in [-0.2, -0.15) is 17.5 Å². The summed E-state index contributed by atoms with van der Waals surface area (Å²) in [5, 5.41) is 9.67. The van der Waals surface area contributed by atoms with Gasteiger partial charge in [0, 0.05) is 37.9 Å². The SMILES string of the molecule is CNC(=O)CN1CC2(CCN(Cc3cccnc3)CC2)COc2ccccc2S1(=O)=O.O=C(O)C(F)(F)F. The number of aliphatic carboxylic acids is 1. The second kappa shape index (κ2) is 12.1. The Morgan fingerprint density at radius 1 is 1.16 bits per heavy atom. The highest BCUT2D eigenvalue weighted by atomic mass is 32.2. The van der Waals surface area contributed by atoms with Gasteiger partial charge in [-0.3, -0.25) is 14.7 Å². The largest absolute Gasteiger partial charge is 0.492 e. The van der Waals surface area contributed by atoms with Gasteiger partial charge in [-0.1, -0.05) is 18.2 Å². The molecule has 4 rings (SSSR count). The lowest BCUT2D eigenvalue weighted by Gasteiger charge is -2.44. The van der Waals surface area contributed by atoms with Crippen molar-refractivity contribution in [3.05, 3.63) is 54.4 Å². The van der Waals surface area contributed by atoms with E-state index in [1.807, 2.05) is 12.3 Å². The minimum Gasteiger partial charge on any atom is -0.492 e. The van der Waals surface area contributed by atoms with E-state index in [2.05, 4.69) is 21.3 Å². The van der Waals surface area contributed by atoms with Crippen LogP contribution >= 0.6 is 0 Å². The number of nitrogens with zero attached hydrogens (tertiary/aromatic N) is 3. The molecule has 0 atom stereocenters. The number of piperidine rings is 1. The molecule has 3 heterocycles. The minimum absolute atomic E-state index is 0.114. The van der Waals surface area contributed by atoms with Crippen LogP contribution in [0, 0.1) is 5.41 Å². The van der Waals surface area contributed by atoms with Crippen molar-refractivity contribution in [1.29, 1.82) is 0 Å². The Kier molecular flexibility index (Phi) is 9.33. The molecule has 0 unspecified atom stereocenters. The van der Waals surface area contributed by atoms with Gasteiger partial charge in [0.1, 0.15) is 10.6 Å². The molecule has 38 heavy (non-hydrogen) atoms. The van der Waals surface area contributed by atoms with Gasteiger partial charge in [0.2, 0.25) is 15.9 Å². The third kappa shape index (κ3) is 7.42. The highest BCUT2D eigenvalue weighted by Gasteiger charge is 2.43. The first-order chi connectivity index (χ1) is 17.9. The number of carboxylic acids is 1. The molecule has 2 aliphatic heterocycles. The van der Waals surface area contributed by atoms with Crippen molar-refractivity contribution < 1.29 is 41.0 Å². The second-order valence-corrected chi connectivity index (χ2v) is 11.0. The summed E-state index contributed by atoms with van der Waals surface area (Å²) in [5.74, 6) is -2.74. The van der Waals surface area contributed by atoms with E-state index >= 15 is 0 Å². The number of carbonyl (C=O) groups is 2. The molecule has 1 amide bonds. The molecule has 1 aromatic carbocycles. The monoisotopic (exact) mass is 558 g/mol. The quantitative estimate of drug-likeness (QED) is 0.584. The van der Waals surface area contributed by atoms with Gasteiger partial charge in [-0.05, 0) is 49.7 Å². The molecule has 0 bridgehead atoms. The van der Waals surface area contributed by atoms with Crippen LogP contribution in [0.15, 0.2) is 53.7 Å². The molecule has 208 valence electrons. The molecular formula is C24H29F3N4O6S. The molecule has 1 aromatic heterocycles. The number of pyridine rings is 1. The number of amides is 1. The van der Waals surface area contributed by atoms with E-state index in [1.54, 1.807) is 24.4 Å². The van der Waals surface area contributed by atoms with Crippen LogP contribution in [0.25, 0.3) is 0 Å². The lowest BCUT2D eigenvalue weighted by molar-refractivity contribution is -0.192. The maximum atomic E-state index is 13.4. The molecule has 1 fully saturated rings. The van der Waals surface area contributed by atoms with Gasteiger partial charge in [-0.15, -0.1) is 0 Å². The zero-order valence-corrected chi connectivity index (χ0v) is 21.5. The number of halogens is 3. The molecule has 0 aliphatic carbocycles. The van der Waals surface area contributed by atoms with Crippen LogP contribution in [0.4, 0.5) is 13.2 Å². The Morgan fingerprint density at radius 3 is 2.39 bits per heavy atom. The minimum atomic E-state index is -5.08. The van der Waals surface area contributed by atoms with E-state index in [0.717, 1.165) is 38.0 Å². The number of nitrogens with one attached hydrogen (secondary N) is 1. The van der Waals surface area contributed by atoms with E-state index in [9.17, 15) is 26.4 Å². The summed E-state index contributed by atoms with van der Waals surface area (Å²) in [6.07, 6.45) is 0.127. The standard InChI is InChI=1S/C22H28N4O4S.C2HF3O2/c1-23-21(27)15-26-16-22(17-30-19-6-2-3-7-20(19)31(26,28)29)8-11-25(12-9-22)14-18-5-4-10-24-13-18;3-2(4,5)1(6)7/h2-7,10,13H,8-9,11-12,14-17H2,1H3,(H,23,27);(H,6,7). The van der Waals surface area contributed by atoms with Crippen LogP contribution in [-0.4, -0.2) is 85.6 Å². The summed E-state index contributed by atoms with van der Waals surface area (Å²) >= 11 is 0. The summed E-state index contributed by atoms with van der Waals surface area (Å²) in [6.45, 7) is 2.95. The van der Waals surface area contributed by atoms with Crippen molar-refractivity contribution in [1.82, 2.24) is 19.5 Å². The van der Waals surface area contributed by atoms with Gasteiger partial charge in [0.05, 0.1) is 13.2 Å². The normalized spacial score (nSPS) is 19.1. The molecule has 14 heteroatoms. The number of benzene rings is 1. The van der Waals surface area contributed by atoms with E-state index in [1.165, 1.54) is 17.4 Å².